The van der Waals surface area contributed by atoms with Crippen LogP contribution in [-0.2, 0) is 4.79 Å². The van der Waals surface area contributed by atoms with E-state index in [-0.39, 0.29) is 0 Å². The third-order valence-electron chi connectivity index (χ3n) is 4.97. The summed E-state index contributed by atoms with van der Waals surface area (Å²) in [6.07, 6.45) is -4.69. The molecule has 2 N–H and O–H groups in total. The van der Waals surface area contributed by atoms with Crippen LogP contribution in [0.25, 0.3) is 21.9 Å². The van der Waals surface area contributed by atoms with Crippen molar-refractivity contribution in [3.05, 3.63) is 42.5 Å². The van der Waals surface area contributed by atoms with E-state index in [1.807, 2.05) is 18.2 Å². The van der Waals surface area contributed by atoms with Gasteiger partial charge in [-0.15, -0.1) is 0 Å². The number of carbonyl (C=O) groups excluding carboxylic acids is 1. The number of carboxylic acid groups (broad SMARTS) is 1. The summed E-state index contributed by atoms with van der Waals surface area (Å²) in [5.41, 5.74) is 1.55. The number of benzene rings is 2. The zero-order valence-electron chi connectivity index (χ0n) is 14.4. The van der Waals surface area contributed by atoms with E-state index < -0.39 is 43.1 Å². The fourth-order valence-corrected chi connectivity index (χ4v) is 3.56. The molecule has 0 saturated carbocycles. The van der Waals surface area contributed by atoms with E-state index in [1.165, 1.54) is 0 Å². The second-order valence-electron chi connectivity index (χ2n) is 6.74. The lowest BCUT2D eigenvalue weighted by Gasteiger charge is -2.18. The highest BCUT2D eigenvalue weighted by Crippen LogP contribution is 2.38. The number of amides is 2. The number of anilines is 1. The molecule has 2 atom stereocenters. The van der Waals surface area contributed by atoms with Gasteiger partial charge in [0.1, 0.15) is 11.2 Å². The predicted octanol–water partition coefficient (Wildman–Crippen LogP) is 4.31. The molecule has 0 spiro atoms. The van der Waals surface area contributed by atoms with Gasteiger partial charge >= 0.3 is 18.2 Å². The first kappa shape index (κ1) is 18.1. The number of carbonyl (C=O) groups is 2. The number of nitrogens with zero attached hydrogens (tertiary/aromatic N) is 1. The minimum atomic E-state index is -4.69. The smallest absolute Gasteiger partial charge is 0.394 e. The first-order chi connectivity index (χ1) is 13.2. The molecule has 0 unspecified atom stereocenters. The number of halogens is 3. The molecule has 4 rings (SSSR count). The Hall–Kier alpha value is -3.23. The summed E-state index contributed by atoms with van der Waals surface area (Å²) in [6.45, 7) is -1.20. The molecule has 146 valence electrons. The predicted molar refractivity (Wildman–Crippen MR) is 95.0 cm³/mol. The molecule has 1 aliphatic heterocycles. The zero-order chi connectivity index (χ0) is 20.1. The molecular weight excluding hydrogens is 377 g/mol. The molecule has 0 aliphatic carbocycles. The van der Waals surface area contributed by atoms with Crippen molar-refractivity contribution >= 4 is 39.6 Å². The van der Waals surface area contributed by atoms with Crippen LogP contribution < -0.4 is 5.32 Å². The van der Waals surface area contributed by atoms with E-state index >= 15 is 0 Å². The fraction of sp³-hybridized carbons (Fsp3) is 0.263. The minimum absolute atomic E-state index is 0.346. The number of carboxylic acids is 1. The second kappa shape index (κ2) is 6.43. The molecule has 3 aromatic rings. The van der Waals surface area contributed by atoms with Crippen molar-refractivity contribution in [3.63, 3.8) is 0 Å². The van der Waals surface area contributed by atoms with Crippen LogP contribution in [0.1, 0.15) is 0 Å². The average Bonchev–Trinajstić information content (AvgIpc) is 3.23. The van der Waals surface area contributed by atoms with Crippen molar-refractivity contribution in [2.75, 3.05) is 18.4 Å². The van der Waals surface area contributed by atoms with Gasteiger partial charge in [0.15, 0.2) is 0 Å². The summed E-state index contributed by atoms with van der Waals surface area (Å²) in [5.74, 6) is -5.33. The Morgan fingerprint density at radius 2 is 1.79 bits per heavy atom. The van der Waals surface area contributed by atoms with E-state index in [2.05, 4.69) is 5.32 Å². The summed E-state index contributed by atoms with van der Waals surface area (Å²) in [7, 11) is 0. The molecular formula is C19H15F3N2O4. The maximum Gasteiger partial charge on any atom is 0.394 e. The van der Waals surface area contributed by atoms with Gasteiger partial charge in [0.05, 0.1) is 11.8 Å². The molecule has 1 aromatic heterocycles. The zero-order valence-corrected chi connectivity index (χ0v) is 14.4. The highest BCUT2D eigenvalue weighted by Gasteiger charge is 2.53. The standard InChI is InChI=1S/C19H15F3N2O4/c20-19(21,22)14-9-24(8-13(14)17(25)26)18(27)23-10-5-6-12-11-3-1-2-4-15(11)28-16(12)7-10/h1-7,13-14H,8-9H2,(H,23,27)(H,25,26)/t13-,14-/m1/s1. The summed E-state index contributed by atoms with van der Waals surface area (Å²) in [4.78, 5) is 24.4. The maximum absolute atomic E-state index is 13.1. The van der Waals surface area contributed by atoms with Crippen LogP contribution in [0.15, 0.2) is 46.9 Å². The summed E-state index contributed by atoms with van der Waals surface area (Å²) < 4.78 is 44.9. The molecule has 0 bridgehead atoms. The van der Waals surface area contributed by atoms with Gasteiger partial charge in [-0.3, -0.25) is 4.79 Å². The number of para-hydroxylation sites is 1. The number of likely N-dealkylation sites (tertiary alicyclic amines) is 1. The summed E-state index contributed by atoms with van der Waals surface area (Å²) >= 11 is 0. The largest absolute Gasteiger partial charge is 0.481 e. The number of furan rings is 1. The number of hydrogen-bond donors (Lipinski definition) is 2. The lowest BCUT2D eigenvalue weighted by Crippen LogP contribution is -2.35. The van der Waals surface area contributed by atoms with E-state index in [1.54, 1.807) is 24.3 Å². The Balaban J connectivity index is 1.55. The lowest BCUT2D eigenvalue weighted by molar-refractivity contribution is -0.187. The quantitative estimate of drug-likeness (QED) is 0.681. The van der Waals surface area contributed by atoms with Gasteiger partial charge in [-0.2, -0.15) is 13.2 Å². The highest BCUT2D eigenvalue weighted by molar-refractivity contribution is 6.06. The molecule has 28 heavy (non-hydrogen) atoms. The topological polar surface area (TPSA) is 82.8 Å². The van der Waals surface area contributed by atoms with Crippen LogP contribution in [0.3, 0.4) is 0 Å². The number of alkyl halides is 3. The molecule has 1 aliphatic rings. The Kier molecular flexibility index (Phi) is 4.17. The SMILES string of the molecule is O=C(O)[C@@H]1CN(C(=O)Nc2ccc3c(c2)oc2ccccc23)C[C@H]1C(F)(F)F. The van der Waals surface area contributed by atoms with E-state index in [0.717, 1.165) is 15.7 Å². The first-order valence-electron chi connectivity index (χ1n) is 8.51. The van der Waals surface area contributed by atoms with Gasteiger partial charge in [-0.25, -0.2) is 4.79 Å². The van der Waals surface area contributed by atoms with Crippen molar-refractivity contribution in [2.24, 2.45) is 11.8 Å². The first-order valence-corrected chi connectivity index (χ1v) is 8.51. The monoisotopic (exact) mass is 392 g/mol. The van der Waals surface area contributed by atoms with Crippen LogP contribution in [0, 0.1) is 11.8 Å². The molecule has 9 heteroatoms. The van der Waals surface area contributed by atoms with Crippen LogP contribution >= 0.6 is 0 Å². The molecule has 0 radical (unpaired) electrons. The molecule has 2 amide bonds. The number of urea groups is 1. The number of fused-ring (bicyclic) bond motifs is 3. The Morgan fingerprint density at radius 1 is 1.07 bits per heavy atom. The third kappa shape index (κ3) is 3.12. The number of hydrogen-bond acceptors (Lipinski definition) is 3. The fourth-order valence-electron chi connectivity index (χ4n) is 3.56. The number of rotatable bonds is 2. The van der Waals surface area contributed by atoms with Crippen LogP contribution in [0.4, 0.5) is 23.7 Å². The molecule has 2 heterocycles. The number of aliphatic carboxylic acids is 1. The van der Waals surface area contributed by atoms with Gasteiger partial charge in [0.25, 0.3) is 0 Å². The average molecular weight is 392 g/mol. The molecule has 1 fully saturated rings. The maximum atomic E-state index is 13.1. The van der Waals surface area contributed by atoms with Crippen LogP contribution in [0.2, 0.25) is 0 Å². The minimum Gasteiger partial charge on any atom is -0.481 e. The highest BCUT2D eigenvalue weighted by atomic mass is 19.4. The normalized spacial score (nSPS) is 20.0. The van der Waals surface area contributed by atoms with Gasteiger partial charge in [-0.05, 0) is 18.2 Å². The van der Waals surface area contributed by atoms with Crippen molar-refractivity contribution in [3.8, 4) is 0 Å². The van der Waals surface area contributed by atoms with Crippen molar-refractivity contribution in [1.82, 2.24) is 4.90 Å². The Labute approximate surface area is 156 Å². The molecule has 1 saturated heterocycles. The van der Waals surface area contributed by atoms with Crippen LogP contribution in [0.5, 0.6) is 0 Å². The lowest BCUT2D eigenvalue weighted by atomic mass is 9.96. The van der Waals surface area contributed by atoms with Gasteiger partial charge < -0.3 is 19.7 Å². The van der Waals surface area contributed by atoms with E-state index in [4.69, 9.17) is 9.52 Å². The van der Waals surface area contributed by atoms with Gasteiger partial charge in [0, 0.05) is 35.6 Å². The third-order valence-corrected chi connectivity index (χ3v) is 4.97. The summed E-state index contributed by atoms with van der Waals surface area (Å²) in [6, 6.07) is 11.6. The van der Waals surface area contributed by atoms with E-state index in [0.29, 0.717) is 16.9 Å². The van der Waals surface area contributed by atoms with Gasteiger partial charge in [0.2, 0.25) is 0 Å². The van der Waals surface area contributed by atoms with Crippen molar-refractivity contribution in [2.45, 2.75) is 6.18 Å². The Bertz CT molecular complexity index is 1080. The van der Waals surface area contributed by atoms with Crippen LogP contribution in [-0.4, -0.2) is 41.3 Å². The summed E-state index contributed by atoms with van der Waals surface area (Å²) in [5, 5.41) is 13.3. The molecule has 6 nitrogen and oxygen atoms in total. The van der Waals surface area contributed by atoms with E-state index in [9.17, 15) is 22.8 Å². The second-order valence-corrected chi connectivity index (χ2v) is 6.74. The number of nitrogens with one attached hydrogen (secondary N) is 1. The van der Waals surface area contributed by atoms with Crippen molar-refractivity contribution < 1.29 is 32.3 Å². The Morgan fingerprint density at radius 3 is 2.46 bits per heavy atom. The van der Waals surface area contributed by atoms with Gasteiger partial charge in [-0.1, -0.05) is 18.2 Å². The van der Waals surface area contributed by atoms with Crippen molar-refractivity contribution in [1.29, 1.82) is 0 Å². The molecule has 2 aromatic carbocycles.